The highest BCUT2D eigenvalue weighted by Crippen LogP contribution is 2.45. The molecule has 2 unspecified atom stereocenters. The molecule has 0 radical (unpaired) electrons. The summed E-state index contributed by atoms with van der Waals surface area (Å²) in [6, 6.07) is 2.46. The standard InChI is InChI=1S/C23H31F3N4O3/c1-22(2,21(33)28-19-14-3-4-15(19)12-16(11-14)20(31)32)30-9-7-29(8-10-30)18-6-5-17(13-27-18)23(24,25)26/h5-6,13-16,19H,3-4,7-12H2,1-2H3,(H,28,33)(H,31,32). The quantitative estimate of drug-likeness (QED) is 0.691. The van der Waals surface area contributed by atoms with Gasteiger partial charge in [-0.25, -0.2) is 4.98 Å². The van der Waals surface area contributed by atoms with E-state index in [9.17, 15) is 27.9 Å². The molecule has 1 aromatic heterocycles. The van der Waals surface area contributed by atoms with Gasteiger partial charge in [-0.05, 0) is 63.5 Å². The molecule has 2 heterocycles. The first-order chi connectivity index (χ1) is 15.5. The van der Waals surface area contributed by atoms with Crippen molar-refractivity contribution in [1.29, 1.82) is 0 Å². The Bertz CT molecular complexity index is 868. The summed E-state index contributed by atoms with van der Waals surface area (Å²) in [5, 5.41) is 12.6. The second kappa shape index (κ2) is 8.77. The summed E-state index contributed by atoms with van der Waals surface area (Å²) < 4.78 is 38.3. The van der Waals surface area contributed by atoms with Crippen molar-refractivity contribution in [2.75, 3.05) is 31.1 Å². The van der Waals surface area contributed by atoms with Crippen molar-refractivity contribution < 1.29 is 27.9 Å². The second-order valence-corrected chi connectivity index (χ2v) is 10.0. The van der Waals surface area contributed by atoms with E-state index in [-0.39, 0.29) is 29.7 Å². The minimum atomic E-state index is -4.41. The van der Waals surface area contributed by atoms with Gasteiger partial charge in [0.15, 0.2) is 0 Å². The van der Waals surface area contributed by atoms with Gasteiger partial charge in [0.25, 0.3) is 0 Å². The van der Waals surface area contributed by atoms with Crippen molar-refractivity contribution in [2.24, 2.45) is 17.8 Å². The molecule has 2 atom stereocenters. The number of carboxylic acid groups (broad SMARTS) is 1. The molecule has 2 aliphatic carbocycles. The van der Waals surface area contributed by atoms with Crippen molar-refractivity contribution in [3.05, 3.63) is 23.9 Å². The number of halogens is 3. The van der Waals surface area contributed by atoms with E-state index in [1.165, 1.54) is 6.07 Å². The molecule has 182 valence electrons. The average molecular weight is 469 g/mol. The average Bonchev–Trinajstić information content (AvgIpc) is 2.99. The lowest BCUT2D eigenvalue weighted by Crippen LogP contribution is -2.62. The maximum atomic E-state index is 13.2. The van der Waals surface area contributed by atoms with E-state index in [4.69, 9.17) is 0 Å². The molecule has 1 amide bonds. The number of pyridine rings is 1. The zero-order chi connectivity index (χ0) is 24.0. The Labute approximate surface area is 191 Å². The number of carbonyl (C=O) groups is 2. The monoisotopic (exact) mass is 468 g/mol. The number of anilines is 1. The molecule has 0 spiro atoms. The fourth-order valence-corrected chi connectivity index (χ4v) is 5.67. The van der Waals surface area contributed by atoms with E-state index in [1.807, 2.05) is 18.7 Å². The highest BCUT2D eigenvalue weighted by molar-refractivity contribution is 5.86. The van der Waals surface area contributed by atoms with Gasteiger partial charge < -0.3 is 15.3 Å². The molecule has 7 nitrogen and oxygen atoms in total. The molecule has 2 N–H and O–H groups in total. The lowest BCUT2D eigenvalue weighted by molar-refractivity contribution is -0.144. The number of fused-ring (bicyclic) bond motifs is 2. The number of carbonyl (C=O) groups excluding carboxylic acids is 1. The number of rotatable bonds is 5. The number of hydrogen-bond acceptors (Lipinski definition) is 5. The fourth-order valence-electron chi connectivity index (χ4n) is 5.67. The Balaban J connectivity index is 1.33. The van der Waals surface area contributed by atoms with E-state index in [2.05, 4.69) is 15.2 Å². The van der Waals surface area contributed by atoms with E-state index in [0.717, 1.165) is 25.1 Å². The summed E-state index contributed by atoms with van der Waals surface area (Å²) in [7, 11) is 0. The smallest absolute Gasteiger partial charge is 0.417 e. The lowest BCUT2D eigenvalue weighted by Gasteiger charge is -2.44. The summed E-state index contributed by atoms with van der Waals surface area (Å²) in [5.41, 5.74) is -1.52. The number of aromatic nitrogens is 1. The summed E-state index contributed by atoms with van der Waals surface area (Å²) in [6.45, 7) is 6.07. The third-order valence-corrected chi connectivity index (χ3v) is 7.77. The maximum absolute atomic E-state index is 13.2. The van der Waals surface area contributed by atoms with Gasteiger partial charge in [-0.2, -0.15) is 13.2 Å². The zero-order valence-corrected chi connectivity index (χ0v) is 18.9. The molecule has 3 fully saturated rings. The maximum Gasteiger partial charge on any atom is 0.417 e. The molecular weight excluding hydrogens is 437 g/mol. The summed E-state index contributed by atoms with van der Waals surface area (Å²) in [5.74, 6) is -0.178. The SMILES string of the molecule is CC(C)(C(=O)NC1C2CCC1CC(C(=O)O)C2)N1CCN(c2ccc(C(F)(F)F)cn2)CC1. The second-order valence-electron chi connectivity index (χ2n) is 10.0. The van der Waals surface area contributed by atoms with Crippen LogP contribution < -0.4 is 10.2 Å². The van der Waals surface area contributed by atoms with Crippen LogP contribution in [0.5, 0.6) is 0 Å². The third kappa shape index (κ3) is 4.81. The molecule has 4 rings (SSSR count). The van der Waals surface area contributed by atoms with Crippen molar-refractivity contribution in [2.45, 2.75) is 57.3 Å². The van der Waals surface area contributed by atoms with Crippen LogP contribution in [0.3, 0.4) is 0 Å². The van der Waals surface area contributed by atoms with Crippen LogP contribution in [-0.2, 0) is 15.8 Å². The molecule has 1 aromatic rings. The van der Waals surface area contributed by atoms with Crippen molar-refractivity contribution in [1.82, 2.24) is 15.2 Å². The zero-order valence-electron chi connectivity index (χ0n) is 18.9. The molecule has 10 heteroatoms. The van der Waals surface area contributed by atoms with Crippen LogP contribution in [0.25, 0.3) is 0 Å². The molecule has 1 aliphatic heterocycles. The van der Waals surface area contributed by atoms with Gasteiger partial charge in [0, 0.05) is 38.4 Å². The number of nitrogens with one attached hydrogen (secondary N) is 1. The number of nitrogens with zero attached hydrogens (tertiary/aromatic N) is 3. The molecule has 3 aliphatic rings. The highest BCUT2D eigenvalue weighted by Gasteiger charge is 2.47. The highest BCUT2D eigenvalue weighted by atomic mass is 19.4. The largest absolute Gasteiger partial charge is 0.481 e. The van der Waals surface area contributed by atoms with E-state index in [0.29, 0.717) is 44.8 Å². The van der Waals surface area contributed by atoms with Crippen LogP contribution in [-0.4, -0.2) is 64.6 Å². The summed E-state index contributed by atoms with van der Waals surface area (Å²) >= 11 is 0. The van der Waals surface area contributed by atoms with Gasteiger partial charge in [0.2, 0.25) is 5.91 Å². The summed E-state index contributed by atoms with van der Waals surface area (Å²) in [6.07, 6.45) is -0.399. The fraction of sp³-hybridized carbons (Fsp3) is 0.696. The molecule has 1 saturated heterocycles. The van der Waals surface area contributed by atoms with E-state index >= 15 is 0 Å². The van der Waals surface area contributed by atoms with Gasteiger partial charge >= 0.3 is 12.1 Å². The number of hydrogen-bond donors (Lipinski definition) is 2. The number of aliphatic carboxylic acids is 1. The summed E-state index contributed by atoms with van der Waals surface area (Å²) in [4.78, 5) is 32.6. The van der Waals surface area contributed by atoms with Crippen molar-refractivity contribution in [3.8, 4) is 0 Å². The third-order valence-electron chi connectivity index (χ3n) is 7.77. The van der Waals surface area contributed by atoms with Crippen LogP contribution in [0, 0.1) is 17.8 Å². The van der Waals surface area contributed by atoms with Crippen LogP contribution in [0.15, 0.2) is 18.3 Å². The predicted octanol–water partition coefficient (Wildman–Crippen LogP) is 3.01. The van der Waals surface area contributed by atoms with Crippen LogP contribution in [0.2, 0.25) is 0 Å². The van der Waals surface area contributed by atoms with Gasteiger partial charge in [-0.1, -0.05) is 0 Å². The van der Waals surface area contributed by atoms with Crippen LogP contribution in [0.1, 0.15) is 45.1 Å². The van der Waals surface area contributed by atoms with Crippen LogP contribution >= 0.6 is 0 Å². The predicted molar refractivity (Wildman–Crippen MR) is 116 cm³/mol. The Morgan fingerprint density at radius 3 is 2.15 bits per heavy atom. The Morgan fingerprint density at radius 1 is 1.06 bits per heavy atom. The van der Waals surface area contributed by atoms with Gasteiger partial charge in [-0.3, -0.25) is 14.5 Å². The Morgan fingerprint density at radius 2 is 1.67 bits per heavy atom. The van der Waals surface area contributed by atoms with E-state index < -0.39 is 23.2 Å². The molecule has 33 heavy (non-hydrogen) atoms. The normalized spacial score (nSPS) is 28.6. The van der Waals surface area contributed by atoms with Crippen molar-refractivity contribution in [3.63, 3.8) is 0 Å². The van der Waals surface area contributed by atoms with E-state index in [1.54, 1.807) is 0 Å². The lowest BCUT2D eigenvalue weighted by atomic mass is 9.77. The minimum absolute atomic E-state index is 0.0324. The van der Waals surface area contributed by atoms with Crippen molar-refractivity contribution >= 4 is 17.7 Å². The number of piperazine rings is 1. The number of amides is 1. The Hall–Kier alpha value is -2.36. The molecule has 2 bridgehead atoms. The van der Waals surface area contributed by atoms with Gasteiger partial charge in [0.1, 0.15) is 5.82 Å². The first-order valence-electron chi connectivity index (χ1n) is 11.5. The number of carboxylic acids is 1. The molecular formula is C23H31F3N4O3. The minimum Gasteiger partial charge on any atom is -0.481 e. The first-order valence-corrected chi connectivity index (χ1v) is 11.5. The molecule has 0 aromatic carbocycles. The first kappa shape index (κ1) is 23.8. The topological polar surface area (TPSA) is 85.8 Å². The Kier molecular flexibility index (Phi) is 6.32. The molecule has 2 saturated carbocycles. The number of alkyl halides is 3. The van der Waals surface area contributed by atoms with Gasteiger partial charge in [0.05, 0.1) is 17.0 Å². The van der Waals surface area contributed by atoms with Gasteiger partial charge in [-0.15, -0.1) is 0 Å². The van der Waals surface area contributed by atoms with Crippen LogP contribution in [0.4, 0.5) is 19.0 Å².